The van der Waals surface area contributed by atoms with Gasteiger partial charge in [0, 0.05) is 24.5 Å². The molecule has 4 nitrogen and oxygen atoms in total. The average molecular weight is 381 g/mol. The molecular weight excluding hydrogens is 358 g/mol. The number of aromatic nitrogens is 2. The van der Waals surface area contributed by atoms with Crippen LogP contribution < -0.4 is 5.32 Å². The van der Waals surface area contributed by atoms with Crippen LogP contribution in [0.3, 0.4) is 0 Å². The predicted molar refractivity (Wildman–Crippen MR) is 115 cm³/mol. The Bertz CT molecular complexity index is 1030. The number of amides is 1. The lowest BCUT2D eigenvalue weighted by Crippen LogP contribution is -2.31. The van der Waals surface area contributed by atoms with Crippen LogP contribution in [0.15, 0.2) is 104 Å². The summed E-state index contributed by atoms with van der Waals surface area (Å²) in [6.07, 6.45) is 6.31. The zero-order valence-electron chi connectivity index (χ0n) is 16.1. The maximum absolute atomic E-state index is 12.7. The lowest BCUT2D eigenvalue weighted by atomic mass is 10.0. The van der Waals surface area contributed by atoms with Crippen molar-refractivity contribution in [3.8, 4) is 0 Å². The van der Waals surface area contributed by atoms with Crippen LogP contribution in [0.1, 0.15) is 33.1 Å². The monoisotopic (exact) mass is 381 g/mol. The molecule has 1 heterocycles. The van der Waals surface area contributed by atoms with E-state index >= 15 is 0 Å². The number of benzene rings is 3. The van der Waals surface area contributed by atoms with Crippen molar-refractivity contribution in [3.05, 3.63) is 126 Å². The van der Waals surface area contributed by atoms with E-state index in [4.69, 9.17) is 0 Å². The van der Waals surface area contributed by atoms with Crippen LogP contribution in [-0.4, -0.2) is 22.0 Å². The first-order chi connectivity index (χ1) is 14.3. The second-order valence-corrected chi connectivity index (χ2v) is 7.01. The average Bonchev–Trinajstić information content (AvgIpc) is 3.30. The minimum Gasteiger partial charge on any atom is -0.350 e. The molecule has 0 fully saturated rings. The predicted octanol–water partition coefficient (Wildman–Crippen LogP) is 4.49. The van der Waals surface area contributed by atoms with E-state index < -0.39 is 0 Å². The maximum Gasteiger partial charge on any atom is 0.251 e. The van der Waals surface area contributed by atoms with Gasteiger partial charge in [-0.3, -0.25) is 4.79 Å². The van der Waals surface area contributed by atoms with Crippen LogP contribution in [0.4, 0.5) is 0 Å². The number of nitrogens with one attached hydrogen (secondary N) is 1. The molecule has 144 valence electrons. The quantitative estimate of drug-likeness (QED) is 0.513. The van der Waals surface area contributed by atoms with E-state index in [2.05, 4.69) is 34.6 Å². The van der Waals surface area contributed by atoms with Gasteiger partial charge in [0.25, 0.3) is 5.91 Å². The lowest BCUT2D eigenvalue weighted by Gasteiger charge is -2.19. The van der Waals surface area contributed by atoms with Crippen molar-refractivity contribution in [1.29, 1.82) is 0 Å². The number of nitrogens with zero attached hydrogens (tertiary/aromatic N) is 2. The maximum atomic E-state index is 12.7. The van der Waals surface area contributed by atoms with Gasteiger partial charge < -0.3 is 9.88 Å². The van der Waals surface area contributed by atoms with E-state index in [1.807, 2.05) is 71.4 Å². The van der Waals surface area contributed by atoms with Crippen molar-refractivity contribution in [3.63, 3.8) is 0 Å². The fraction of sp³-hybridized carbons (Fsp3) is 0.120. The van der Waals surface area contributed by atoms with Gasteiger partial charge in [0.2, 0.25) is 0 Å². The summed E-state index contributed by atoms with van der Waals surface area (Å²) in [5, 5.41) is 3.07. The van der Waals surface area contributed by atoms with Crippen molar-refractivity contribution in [2.24, 2.45) is 0 Å². The highest BCUT2D eigenvalue weighted by Crippen LogP contribution is 2.17. The van der Waals surface area contributed by atoms with Gasteiger partial charge in [-0.15, -0.1) is 0 Å². The van der Waals surface area contributed by atoms with Crippen molar-refractivity contribution in [2.75, 3.05) is 6.54 Å². The Kier molecular flexibility index (Phi) is 5.81. The second-order valence-electron chi connectivity index (χ2n) is 7.01. The number of carbonyl (C=O) groups excluding carboxylic acids is 1. The Balaban J connectivity index is 1.42. The molecule has 1 unspecified atom stereocenters. The Morgan fingerprint density at radius 3 is 2.17 bits per heavy atom. The summed E-state index contributed by atoms with van der Waals surface area (Å²) in [5.74, 6) is -0.0719. The van der Waals surface area contributed by atoms with Gasteiger partial charge in [0.15, 0.2) is 0 Å². The zero-order chi connectivity index (χ0) is 19.9. The first-order valence-electron chi connectivity index (χ1n) is 9.73. The summed E-state index contributed by atoms with van der Waals surface area (Å²) < 4.78 is 2.01. The summed E-state index contributed by atoms with van der Waals surface area (Å²) in [6.45, 7) is 0.491. The van der Waals surface area contributed by atoms with E-state index in [0.29, 0.717) is 12.1 Å². The Hall–Kier alpha value is -3.66. The Morgan fingerprint density at radius 1 is 0.862 bits per heavy atom. The molecular formula is C25H23N3O. The number of rotatable bonds is 7. The number of imidazole rings is 1. The van der Waals surface area contributed by atoms with Crippen LogP contribution in [0.25, 0.3) is 0 Å². The van der Waals surface area contributed by atoms with Crippen molar-refractivity contribution < 1.29 is 4.79 Å². The van der Waals surface area contributed by atoms with E-state index in [-0.39, 0.29) is 11.9 Å². The highest BCUT2D eigenvalue weighted by atomic mass is 16.1. The van der Waals surface area contributed by atoms with Gasteiger partial charge in [-0.2, -0.15) is 0 Å². The minimum absolute atomic E-state index is 0.00000356. The molecule has 4 aromatic rings. The topological polar surface area (TPSA) is 46.9 Å². The summed E-state index contributed by atoms with van der Waals surface area (Å²) in [5.41, 5.74) is 4.24. The van der Waals surface area contributed by atoms with E-state index in [1.165, 1.54) is 11.1 Å². The third kappa shape index (κ3) is 4.79. The highest BCUT2D eigenvalue weighted by Gasteiger charge is 2.15. The van der Waals surface area contributed by atoms with Crippen molar-refractivity contribution in [1.82, 2.24) is 14.9 Å². The third-order valence-electron chi connectivity index (χ3n) is 4.99. The molecule has 1 aromatic heterocycles. The van der Waals surface area contributed by atoms with Crippen LogP contribution in [-0.2, 0) is 6.42 Å². The van der Waals surface area contributed by atoms with E-state index in [0.717, 1.165) is 12.0 Å². The standard InChI is InChI=1S/C25H23N3O/c29-25(23-13-11-21(12-14-23)17-20-7-3-1-4-8-20)27-18-24(28-16-15-26-19-28)22-9-5-2-6-10-22/h1-16,19,24H,17-18H2,(H,27,29). The molecule has 0 aliphatic heterocycles. The first kappa shape index (κ1) is 18.7. The third-order valence-corrected chi connectivity index (χ3v) is 4.99. The zero-order valence-corrected chi connectivity index (χ0v) is 16.1. The van der Waals surface area contributed by atoms with Gasteiger partial charge >= 0.3 is 0 Å². The van der Waals surface area contributed by atoms with Crippen LogP contribution in [0.2, 0.25) is 0 Å². The van der Waals surface area contributed by atoms with Crippen LogP contribution in [0, 0.1) is 0 Å². The van der Waals surface area contributed by atoms with Crippen molar-refractivity contribution >= 4 is 5.91 Å². The number of carbonyl (C=O) groups is 1. The fourth-order valence-corrected chi connectivity index (χ4v) is 3.42. The minimum atomic E-state index is -0.0719. The molecule has 1 N–H and O–H groups in total. The molecule has 4 rings (SSSR count). The molecule has 0 saturated carbocycles. The smallest absolute Gasteiger partial charge is 0.251 e. The summed E-state index contributed by atoms with van der Waals surface area (Å²) in [4.78, 5) is 16.8. The molecule has 4 heteroatoms. The molecule has 0 aliphatic rings. The van der Waals surface area contributed by atoms with E-state index in [9.17, 15) is 4.79 Å². The van der Waals surface area contributed by atoms with Gasteiger partial charge in [-0.1, -0.05) is 72.8 Å². The Labute approximate surface area is 170 Å². The van der Waals surface area contributed by atoms with Gasteiger partial charge in [0.05, 0.1) is 12.4 Å². The SMILES string of the molecule is O=C(NCC(c1ccccc1)n1ccnc1)c1ccc(Cc2ccccc2)cc1. The van der Waals surface area contributed by atoms with Crippen molar-refractivity contribution in [2.45, 2.75) is 12.5 Å². The molecule has 0 bridgehead atoms. The molecule has 3 aromatic carbocycles. The second kappa shape index (κ2) is 9.02. The Morgan fingerprint density at radius 2 is 1.52 bits per heavy atom. The normalized spacial score (nSPS) is 11.7. The number of hydrogen-bond donors (Lipinski definition) is 1. The van der Waals surface area contributed by atoms with Crippen LogP contribution >= 0.6 is 0 Å². The lowest BCUT2D eigenvalue weighted by molar-refractivity contribution is 0.0950. The molecule has 29 heavy (non-hydrogen) atoms. The summed E-state index contributed by atoms with van der Waals surface area (Å²) in [6, 6.07) is 28.3. The molecule has 0 spiro atoms. The molecule has 0 saturated heterocycles. The first-order valence-corrected chi connectivity index (χ1v) is 9.73. The summed E-state index contributed by atoms with van der Waals surface area (Å²) in [7, 11) is 0. The fourth-order valence-electron chi connectivity index (χ4n) is 3.42. The van der Waals surface area contributed by atoms with Gasteiger partial charge in [-0.05, 0) is 35.2 Å². The van der Waals surface area contributed by atoms with Crippen LogP contribution in [0.5, 0.6) is 0 Å². The molecule has 0 aliphatic carbocycles. The molecule has 1 atom stereocenters. The molecule has 1 amide bonds. The van der Waals surface area contributed by atoms with Gasteiger partial charge in [-0.25, -0.2) is 4.98 Å². The molecule has 0 radical (unpaired) electrons. The largest absolute Gasteiger partial charge is 0.350 e. The highest BCUT2D eigenvalue weighted by molar-refractivity contribution is 5.94. The van der Waals surface area contributed by atoms with Gasteiger partial charge in [0.1, 0.15) is 0 Å². The van der Waals surface area contributed by atoms with E-state index in [1.54, 1.807) is 12.5 Å². The summed E-state index contributed by atoms with van der Waals surface area (Å²) >= 11 is 0. The number of hydrogen-bond acceptors (Lipinski definition) is 2.